The summed E-state index contributed by atoms with van der Waals surface area (Å²) in [6.45, 7) is 8.90. The van der Waals surface area contributed by atoms with Gasteiger partial charge in [0.15, 0.2) is 5.79 Å². The van der Waals surface area contributed by atoms with Gasteiger partial charge in [0.25, 0.3) is 0 Å². The lowest BCUT2D eigenvalue weighted by Crippen LogP contribution is -2.53. The first-order chi connectivity index (χ1) is 9.84. The fraction of sp³-hybridized carbons (Fsp3) is 0.933. The smallest absolute Gasteiger partial charge is 0.410 e. The molecule has 122 valence electrons. The van der Waals surface area contributed by atoms with E-state index < -0.39 is 11.4 Å². The largest absolute Gasteiger partial charge is 0.444 e. The molecule has 0 bridgehead atoms. The number of likely N-dealkylation sites (tertiary alicyclic amines) is 1. The van der Waals surface area contributed by atoms with Crippen LogP contribution in [0.5, 0.6) is 0 Å². The standard InChI is InChI=1S/C15H28N2O4/c1-14(2,3)21-13(18)17-8-5-15(6-9-17)19-10-12(4-7-16)11-20-15/h12H,4-11,16H2,1-3H3. The van der Waals surface area contributed by atoms with E-state index in [4.69, 9.17) is 19.9 Å². The minimum atomic E-state index is -0.510. The molecule has 0 aromatic rings. The van der Waals surface area contributed by atoms with Gasteiger partial charge in [-0.25, -0.2) is 4.79 Å². The Kier molecular flexibility index (Phi) is 5.11. The molecule has 2 saturated heterocycles. The van der Waals surface area contributed by atoms with E-state index in [1.807, 2.05) is 20.8 Å². The molecule has 0 atom stereocenters. The first-order valence-corrected chi connectivity index (χ1v) is 7.79. The highest BCUT2D eigenvalue weighted by Crippen LogP contribution is 2.33. The fourth-order valence-electron chi connectivity index (χ4n) is 2.68. The molecule has 6 heteroatoms. The number of nitrogens with zero attached hydrogens (tertiary/aromatic N) is 1. The van der Waals surface area contributed by atoms with Gasteiger partial charge in [0.05, 0.1) is 13.2 Å². The Bertz CT molecular complexity index is 349. The molecule has 2 fully saturated rings. The molecule has 0 aliphatic carbocycles. The molecule has 2 aliphatic rings. The van der Waals surface area contributed by atoms with E-state index in [1.54, 1.807) is 4.90 Å². The molecule has 2 N–H and O–H groups in total. The molecule has 1 amide bonds. The summed E-state index contributed by atoms with van der Waals surface area (Å²) in [6, 6.07) is 0. The number of amides is 1. The van der Waals surface area contributed by atoms with Gasteiger partial charge < -0.3 is 24.8 Å². The van der Waals surface area contributed by atoms with Gasteiger partial charge in [-0.2, -0.15) is 0 Å². The lowest BCUT2D eigenvalue weighted by Gasteiger charge is -2.45. The zero-order chi connectivity index (χ0) is 15.5. The predicted octanol–water partition coefficient (Wildman–Crippen LogP) is 1.73. The quantitative estimate of drug-likeness (QED) is 0.840. The van der Waals surface area contributed by atoms with Crippen molar-refractivity contribution < 1.29 is 19.0 Å². The molecule has 2 rings (SSSR count). The van der Waals surface area contributed by atoms with Gasteiger partial charge in [0.1, 0.15) is 5.60 Å². The van der Waals surface area contributed by atoms with E-state index in [1.165, 1.54) is 0 Å². The van der Waals surface area contributed by atoms with E-state index in [0.717, 1.165) is 6.42 Å². The minimum Gasteiger partial charge on any atom is -0.444 e. The van der Waals surface area contributed by atoms with E-state index in [-0.39, 0.29) is 6.09 Å². The zero-order valence-electron chi connectivity index (χ0n) is 13.4. The van der Waals surface area contributed by atoms with Crippen LogP contribution in [0.4, 0.5) is 4.79 Å². The summed E-state index contributed by atoms with van der Waals surface area (Å²) in [6.07, 6.45) is 2.07. The summed E-state index contributed by atoms with van der Waals surface area (Å²) >= 11 is 0. The van der Waals surface area contributed by atoms with Crippen LogP contribution in [0.15, 0.2) is 0 Å². The maximum Gasteiger partial charge on any atom is 0.410 e. The van der Waals surface area contributed by atoms with Crippen LogP contribution in [0.2, 0.25) is 0 Å². The number of ether oxygens (including phenoxy) is 3. The van der Waals surface area contributed by atoms with Crippen molar-refractivity contribution in [2.45, 2.75) is 51.4 Å². The van der Waals surface area contributed by atoms with Crippen molar-refractivity contribution in [3.63, 3.8) is 0 Å². The number of nitrogens with two attached hydrogens (primary N) is 1. The average Bonchev–Trinajstić information content (AvgIpc) is 2.41. The predicted molar refractivity (Wildman–Crippen MR) is 78.8 cm³/mol. The number of carbonyl (C=O) groups is 1. The Balaban J connectivity index is 1.79. The van der Waals surface area contributed by atoms with Gasteiger partial charge in [-0.05, 0) is 33.7 Å². The molecule has 0 unspecified atom stereocenters. The van der Waals surface area contributed by atoms with Gasteiger partial charge in [0, 0.05) is 31.8 Å². The molecule has 2 aliphatic heterocycles. The Labute approximate surface area is 126 Å². The van der Waals surface area contributed by atoms with Crippen LogP contribution in [-0.2, 0) is 14.2 Å². The van der Waals surface area contributed by atoms with Crippen molar-refractivity contribution in [1.82, 2.24) is 4.90 Å². The maximum absolute atomic E-state index is 12.0. The number of hydrogen-bond donors (Lipinski definition) is 1. The van der Waals surface area contributed by atoms with E-state index >= 15 is 0 Å². The van der Waals surface area contributed by atoms with Crippen LogP contribution in [0, 0.1) is 5.92 Å². The molecule has 2 heterocycles. The van der Waals surface area contributed by atoms with Crippen LogP contribution in [-0.4, -0.2) is 55.2 Å². The van der Waals surface area contributed by atoms with Gasteiger partial charge in [0.2, 0.25) is 0 Å². The number of piperidine rings is 1. The van der Waals surface area contributed by atoms with Gasteiger partial charge in [-0.1, -0.05) is 0 Å². The Morgan fingerprint density at radius 2 is 1.86 bits per heavy atom. The molecular weight excluding hydrogens is 272 g/mol. The molecule has 1 spiro atoms. The van der Waals surface area contributed by atoms with Crippen LogP contribution in [0.1, 0.15) is 40.0 Å². The number of rotatable bonds is 2. The molecule has 0 aromatic carbocycles. The van der Waals surface area contributed by atoms with Gasteiger partial charge >= 0.3 is 6.09 Å². The van der Waals surface area contributed by atoms with E-state index in [9.17, 15) is 4.79 Å². The van der Waals surface area contributed by atoms with E-state index in [0.29, 0.717) is 51.6 Å². The third-order valence-electron chi connectivity index (χ3n) is 3.92. The van der Waals surface area contributed by atoms with Crippen molar-refractivity contribution in [3.8, 4) is 0 Å². The molecule has 6 nitrogen and oxygen atoms in total. The molecule has 21 heavy (non-hydrogen) atoms. The minimum absolute atomic E-state index is 0.255. The highest BCUT2D eigenvalue weighted by Gasteiger charge is 2.42. The van der Waals surface area contributed by atoms with Crippen LogP contribution < -0.4 is 5.73 Å². The summed E-state index contributed by atoms with van der Waals surface area (Å²) in [5, 5.41) is 0. The van der Waals surface area contributed by atoms with Crippen molar-refractivity contribution in [2.24, 2.45) is 11.7 Å². The third kappa shape index (κ3) is 4.56. The summed E-state index contributed by atoms with van der Waals surface area (Å²) in [4.78, 5) is 13.8. The normalized spacial score (nSPS) is 23.3. The Morgan fingerprint density at radius 3 is 2.33 bits per heavy atom. The second-order valence-corrected chi connectivity index (χ2v) is 6.94. The van der Waals surface area contributed by atoms with Crippen molar-refractivity contribution >= 4 is 6.09 Å². The first kappa shape index (κ1) is 16.5. The number of carbonyl (C=O) groups excluding carboxylic acids is 1. The van der Waals surface area contributed by atoms with Crippen LogP contribution in [0.3, 0.4) is 0 Å². The summed E-state index contributed by atoms with van der Waals surface area (Å²) in [5.74, 6) is -0.117. The SMILES string of the molecule is CC(C)(C)OC(=O)N1CCC2(CC1)OCC(CCN)CO2. The second-order valence-electron chi connectivity index (χ2n) is 6.94. The third-order valence-corrected chi connectivity index (χ3v) is 3.92. The molecule has 0 aromatic heterocycles. The maximum atomic E-state index is 12.0. The Hall–Kier alpha value is -0.850. The molecule has 0 saturated carbocycles. The Morgan fingerprint density at radius 1 is 1.29 bits per heavy atom. The summed E-state index contributed by atoms with van der Waals surface area (Å²) in [7, 11) is 0. The number of hydrogen-bond acceptors (Lipinski definition) is 5. The average molecular weight is 300 g/mol. The summed E-state index contributed by atoms with van der Waals surface area (Å²) in [5.41, 5.74) is 5.10. The van der Waals surface area contributed by atoms with Crippen LogP contribution in [0.25, 0.3) is 0 Å². The molecule has 0 radical (unpaired) electrons. The van der Waals surface area contributed by atoms with Crippen LogP contribution >= 0.6 is 0 Å². The lowest BCUT2D eigenvalue weighted by atomic mass is 10.00. The summed E-state index contributed by atoms with van der Waals surface area (Å²) < 4.78 is 17.3. The topological polar surface area (TPSA) is 74.0 Å². The van der Waals surface area contributed by atoms with Crippen molar-refractivity contribution in [1.29, 1.82) is 0 Å². The lowest BCUT2D eigenvalue weighted by molar-refractivity contribution is -0.297. The highest BCUT2D eigenvalue weighted by atomic mass is 16.7. The fourth-order valence-corrected chi connectivity index (χ4v) is 2.68. The molecular formula is C15H28N2O4. The highest BCUT2D eigenvalue weighted by molar-refractivity contribution is 5.68. The second kappa shape index (κ2) is 6.50. The van der Waals surface area contributed by atoms with E-state index in [2.05, 4.69) is 0 Å². The zero-order valence-corrected chi connectivity index (χ0v) is 13.4. The monoisotopic (exact) mass is 300 g/mol. The van der Waals surface area contributed by atoms with Gasteiger partial charge in [-0.15, -0.1) is 0 Å². The van der Waals surface area contributed by atoms with Gasteiger partial charge in [-0.3, -0.25) is 0 Å². The first-order valence-electron chi connectivity index (χ1n) is 7.79. The van der Waals surface area contributed by atoms with Crippen molar-refractivity contribution in [3.05, 3.63) is 0 Å². The van der Waals surface area contributed by atoms with Crippen molar-refractivity contribution in [2.75, 3.05) is 32.8 Å².